The number of carbonyl (C=O) groups is 1. The van der Waals surface area contributed by atoms with Crippen molar-refractivity contribution in [2.75, 3.05) is 38.2 Å². The van der Waals surface area contributed by atoms with Crippen LogP contribution in [0.15, 0.2) is 71.6 Å². The summed E-state index contributed by atoms with van der Waals surface area (Å²) < 4.78 is 52.2. The number of halogens is 1. The van der Waals surface area contributed by atoms with Gasteiger partial charge in [0.2, 0.25) is 5.91 Å². The van der Waals surface area contributed by atoms with Gasteiger partial charge in [0.05, 0.1) is 24.8 Å². The summed E-state index contributed by atoms with van der Waals surface area (Å²) in [5.41, 5.74) is 2.27. The lowest BCUT2D eigenvalue weighted by molar-refractivity contribution is -0.119. The molecule has 3 aromatic rings. The molecule has 0 saturated carbocycles. The second-order valence-corrected chi connectivity index (χ2v) is 10.9. The van der Waals surface area contributed by atoms with Crippen LogP contribution in [0.25, 0.3) is 0 Å². The topological polar surface area (TPSA) is 88.2 Å². The first-order chi connectivity index (χ1) is 18.3. The van der Waals surface area contributed by atoms with Crippen molar-refractivity contribution in [1.29, 1.82) is 0 Å². The van der Waals surface area contributed by atoms with Crippen molar-refractivity contribution in [2.45, 2.75) is 30.8 Å². The molecule has 0 unspecified atom stereocenters. The number of nitrogens with one attached hydrogen (secondary N) is 1. The zero-order valence-electron chi connectivity index (χ0n) is 21.5. The Kier molecular flexibility index (Phi) is 8.85. The summed E-state index contributed by atoms with van der Waals surface area (Å²) in [7, 11) is -1.36. The largest absolute Gasteiger partial charge is 0.493 e. The molecule has 0 atom stereocenters. The van der Waals surface area contributed by atoms with Crippen LogP contribution in [0.3, 0.4) is 0 Å². The molecule has 4 rings (SSSR count). The van der Waals surface area contributed by atoms with Gasteiger partial charge < -0.3 is 14.8 Å². The quantitative estimate of drug-likeness (QED) is 0.396. The van der Waals surface area contributed by atoms with Gasteiger partial charge in [-0.05, 0) is 73.5 Å². The molecule has 1 heterocycles. The molecule has 1 fully saturated rings. The molecule has 1 aliphatic heterocycles. The van der Waals surface area contributed by atoms with Crippen molar-refractivity contribution in [1.82, 2.24) is 10.2 Å². The van der Waals surface area contributed by atoms with Gasteiger partial charge in [-0.25, -0.2) is 12.8 Å². The average Bonchev–Trinajstić information content (AvgIpc) is 3.44. The highest BCUT2D eigenvalue weighted by Gasteiger charge is 2.28. The lowest BCUT2D eigenvalue weighted by atomic mass is 10.1. The fourth-order valence-electron chi connectivity index (χ4n) is 4.38. The third kappa shape index (κ3) is 6.62. The van der Waals surface area contributed by atoms with Crippen LogP contribution in [0.2, 0.25) is 0 Å². The number of anilines is 1. The molecule has 8 nitrogen and oxygen atoms in total. The van der Waals surface area contributed by atoms with E-state index in [1.54, 1.807) is 0 Å². The van der Waals surface area contributed by atoms with E-state index in [1.807, 2.05) is 24.3 Å². The van der Waals surface area contributed by atoms with Crippen molar-refractivity contribution < 1.29 is 27.1 Å². The van der Waals surface area contributed by atoms with Crippen LogP contribution in [-0.4, -0.2) is 53.1 Å². The van der Waals surface area contributed by atoms with Crippen LogP contribution < -0.4 is 19.1 Å². The number of hydrogen-bond donors (Lipinski definition) is 1. The number of amides is 1. The molecule has 202 valence electrons. The Bertz CT molecular complexity index is 1340. The van der Waals surface area contributed by atoms with E-state index in [4.69, 9.17) is 9.47 Å². The van der Waals surface area contributed by atoms with Crippen LogP contribution in [0, 0.1) is 5.82 Å². The minimum absolute atomic E-state index is 0.0964. The number of rotatable bonds is 11. The van der Waals surface area contributed by atoms with E-state index in [0.717, 1.165) is 41.6 Å². The molecule has 1 N–H and O–H groups in total. The van der Waals surface area contributed by atoms with Crippen LogP contribution in [0.1, 0.15) is 24.0 Å². The van der Waals surface area contributed by atoms with Gasteiger partial charge in [-0.2, -0.15) is 0 Å². The molecule has 38 heavy (non-hydrogen) atoms. The van der Waals surface area contributed by atoms with E-state index in [-0.39, 0.29) is 22.9 Å². The molecule has 10 heteroatoms. The highest BCUT2D eigenvalue weighted by atomic mass is 32.2. The Balaban J connectivity index is 1.48. The van der Waals surface area contributed by atoms with E-state index in [1.165, 1.54) is 63.0 Å². The number of likely N-dealkylation sites (tertiary alicyclic amines) is 1. The van der Waals surface area contributed by atoms with E-state index in [2.05, 4.69) is 10.2 Å². The van der Waals surface area contributed by atoms with Crippen LogP contribution in [0.5, 0.6) is 11.5 Å². The molecule has 0 aromatic heterocycles. The first kappa shape index (κ1) is 27.4. The SMILES string of the molecule is COc1ccc(S(=O)(=O)N(CC(=O)NCc2ccc(CN3CCCC3)cc2)c2ccc(F)cc2)cc1OC. The number of sulfonamides is 1. The summed E-state index contributed by atoms with van der Waals surface area (Å²) in [6.45, 7) is 2.91. The molecule has 1 aliphatic rings. The van der Waals surface area contributed by atoms with Gasteiger partial charge in [-0.15, -0.1) is 0 Å². The Labute approximate surface area is 223 Å². The second-order valence-electron chi connectivity index (χ2n) is 9.08. The third-order valence-corrected chi connectivity index (χ3v) is 8.23. The maximum atomic E-state index is 13.6. The maximum Gasteiger partial charge on any atom is 0.264 e. The van der Waals surface area contributed by atoms with Crippen LogP contribution >= 0.6 is 0 Å². The fourth-order valence-corrected chi connectivity index (χ4v) is 5.81. The van der Waals surface area contributed by atoms with Crippen LogP contribution in [0.4, 0.5) is 10.1 Å². The van der Waals surface area contributed by atoms with Gasteiger partial charge in [-0.3, -0.25) is 14.0 Å². The number of carbonyl (C=O) groups excluding carboxylic acids is 1. The van der Waals surface area contributed by atoms with Crippen molar-refractivity contribution in [3.05, 3.63) is 83.7 Å². The first-order valence-corrected chi connectivity index (χ1v) is 13.8. The Morgan fingerprint density at radius 2 is 1.55 bits per heavy atom. The second kappa shape index (κ2) is 12.3. The predicted molar refractivity (Wildman–Crippen MR) is 143 cm³/mol. The van der Waals surface area contributed by atoms with Crippen molar-refractivity contribution in [3.63, 3.8) is 0 Å². The minimum Gasteiger partial charge on any atom is -0.493 e. The van der Waals surface area contributed by atoms with E-state index < -0.39 is 28.3 Å². The van der Waals surface area contributed by atoms with Crippen molar-refractivity contribution >= 4 is 21.6 Å². The fraction of sp³-hybridized carbons (Fsp3) is 0.321. The number of hydrogen-bond acceptors (Lipinski definition) is 6. The standard InChI is InChI=1S/C28H32FN3O5S/c1-36-26-14-13-25(17-27(26)37-2)38(34,35)32(24-11-9-23(29)10-12-24)20-28(33)30-18-21-5-7-22(8-6-21)19-31-15-3-4-16-31/h5-14,17H,3-4,15-16,18-20H2,1-2H3,(H,30,33). The summed E-state index contributed by atoms with van der Waals surface area (Å²) in [6, 6.07) is 17.1. The lowest BCUT2D eigenvalue weighted by Gasteiger charge is -2.24. The van der Waals surface area contributed by atoms with E-state index in [0.29, 0.717) is 5.75 Å². The first-order valence-electron chi connectivity index (χ1n) is 12.4. The molecule has 0 aliphatic carbocycles. The predicted octanol–water partition coefficient (Wildman–Crippen LogP) is 3.95. The van der Waals surface area contributed by atoms with Gasteiger partial charge in [-0.1, -0.05) is 24.3 Å². The number of benzene rings is 3. The summed E-state index contributed by atoms with van der Waals surface area (Å²) in [5, 5.41) is 2.79. The number of nitrogens with zero attached hydrogens (tertiary/aromatic N) is 2. The Morgan fingerprint density at radius 3 is 2.18 bits per heavy atom. The zero-order valence-corrected chi connectivity index (χ0v) is 22.3. The summed E-state index contributed by atoms with van der Waals surface area (Å²) >= 11 is 0. The Morgan fingerprint density at radius 1 is 0.921 bits per heavy atom. The van der Waals surface area contributed by atoms with Gasteiger partial charge in [0, 0.05) is 19.2 Å². The molecule has 1 amide bonds. The molecule has 1 saturated heterocycles. The van der Waals surface area contributed by atoms with Crippen LogP contribution in [-0.2, 0) is 27.9 Å². The van der Waals surface area contributed by atoms with Crippen molar-refractivity contribution in [3.8, 4) is 11.5 Å². The monoisotopic (exact) mass is 541 g/mol. The van der Waals surface area contributed by atoms with Crippen molar-refractivity contribution in [2.24, 2.45) is 0 Å². The normalized spacial score (nSPS) is 13.8. The summed E-state index contributed by atoms with van der Waals surface area (Å²) in [6.07, 6.45) is 2.47. The van der Waals surface area contributed by atoms with Gasteiger partial charge in [0.1, 0.15) is 12.4 Å². The number of methoxy groups -OCH3 is 2. The highest BCUT2D eigenvalue weighted by molar-refractivity contribution is 7.92. The number of ether oxygens (including phenoxy) is 2. The zero-order chi connectivity index (χ0) is 27.1. The summed E-state index contributed by atoms with van der Waals surface area (Å²) in [5.74, 6) is -0.427. The van der Waals surface area contributed by atoms with Gasteiger partial charge >= 0.3 is 0 Å². The molecular formula is C28H32FN3O5S. The lowest BCUT2D eigenvalue weighted by Crippen LogP contribution is -2.40. The molecular weight excluding hydrogens is 509 g/mol. The average molecular weight is 542 g/mol. The molecule has 0 bridgehead atoms. The molecule has 0 radical (unpaired) electrons. The maximum absolute atomic E-state index is 13.6. The Hall–Kier alpha value is -3.63. The van der Waals surface area contributed by atoms with E-state index >= 15 is 0 Å². The van der Waals surface area contributed by atoms with E-state index in [9.17, 15) is 17.6 Å². The smallest absolute Gasteiger partial charge is 0.264 e. The van der Waals surface area contributed by atoms with Gasteiger partial charge in [0.25, 0.3) is 10.0 Å². The highest BCUT2D eigenvalue weighted by Crippen LogP contribution is 2.32. The third-order valence-electron chi connectivity index (χ3n) is 6.46. The minimum atomic E-state index is -4.21. The molecule has 0 spiro atoms. The van der Waals surface area contributed by atoms with Gasteiger partial charge in [0.15, 0.2) is 11.5 Å². The summed E-state index contributed by atoms with van der Waals surface area (Å²) in [4.78, 5) is 15.2. The molecule has 3 aromatic carbocycles.